The first kappa shape index (κ1) is 11.2. The third-order valence-electron chi connectivity index (χ3n) is 1.85. The summed E-state index contributed by atoms with van der Waals surface area (Å²) >= 11 is 3.37. The summed E-state index contributed by atoms with van der Waals surface area (Å²) < 4.78 is 0.994. The topological polar surface area (TPSA) is 55.1 Å². The van der Waals surface area contributed by atoms with Gasteiger partial charge in [0.25, 0.3) is 0 Å². The first-order valence-corrected chi connectivity index (χ1v) is 5.14. The van der Waals surface area contributed by atoms with Gasteiger partial charge in [-0.25, -0.2) is 0 Å². The van der Waals surface area contributed by atoms with Crippen molar-refractivity contribution in [2.24, 2.45) is 5.73 Å². The molecular weight excluding hydrogens is 244 g/mol. The average Bonchev–Trinajstić information content (AvgIpc) is 2.14. The van der Waals surface area contributed by atoms with Gasteiger partial charge in [-0.05, 0) is 17.7 Å². The van der Waals surface area contributed by atoms with Crippen molar-refractivity contribution in [3.05, 3.63) is 34.3 Å². The number of benzene rings is 1. The summed E-state index contributed by atoms with van der Waals surface area (Å²) in [5.74, 6) is -0.0598. The molecule has 0 bridgehead atoms. The molecule has 0 spiro atoms. The maximum absolute atomic E-state index is 10.7. The van der Waals surface area contributed by atoms with Crippen molar-refractivity contribution in [3.8, 4) is 0 Å². The third kappa shape index (κ3) is 3.47. The Hall–Kier alpha value is -0.870. The van der Waals surface area contributed by atoms with Crippen molar-refractivity contribution >= 4 is 21.8 Å². The van der Waals surface area contributed by atoms with Crippen molar-refractivity contribution < 1.29 is 4.79 Å². The number of hydrogen-bond donors (Lipinski definition) is 2. The molecule has 4 heteroatoms. The number of carbonyl (C=O) groups is 1. The van der Waals surface area contributed by atoms with Crippen LogP contribution in [-0.4, -0.2) is 12.5 Å². The molecule has 3 N–H and O–H groups in total. The molecule has 14 heavy (non-hydrogen) atoms. The lowest BCUT2D eigenvalue weighted by molar-refractivity contribution is -0.119. The van der Waals surface area contributed by atoms with Crippen LogP contribution in [0.1, 0.15) is 18.5 Å². The van der Waals surface area contributed by atoms with Gasteiger partial charge in [0.15, 0.2) is 0 Å². The van der Waals surface area contributed by atoms with E-state index >= 15 is 0 Å². The van der Waals surface area contributed by atoms with Gasteiger partial charge < -0.3 is 11.1 Å². The Morgan fingerprint density at radius 2 is 2.36 bits per heavy atom. The number of carbonyl (C=O) groups excluding carboxylic acids is 1. The van der Waals surface area contributed by atoms with Gasteiger partial charge in [-0.2, -0.15) is 0 Å². The smallest absolute Gasteiger partial charge is 0.216 e. The molecule has 3 nitrogen and oxygen atoms in total. The fourth-order valence-corrected chi connectivity index (χ4v) is 1.53. The summed E-state index contributed by atoms with van der Waals surface area (Å²) in [7, 11) is 0. The normalized spacial score (nSPS) is 12.2. The summed E-state index contributed by atoms with van der Waals surface area (Å²) in [6.45, 7) is 1.94. The van der Waals surface area contributed by atoms with E-state index in [2.05, 4.69) is 21.2 Å². The minimum absolute atomic E-state index is 0.0598. The zero-order valence-electron chi connectivity index (χ0n) is 7.96. The molecule has 76 valence electrons. The highest BCUT2D eigenvalue weighted by Crippen LogP contribution is 2.15. The van der Waals surface area contributed by atoms with Crippen molar-refractivity contribution in [1.29, 1.82) is 0 Å². The molecule has 0 heterocycles. The summed E-state index contributed by atoms with van der Waals surface area (Å²) in [4.78, 5) is 10.7. The van der Waals surface area contributed by atoms with Gasteiger partial charge in [0.2, 0.25) is 5.91 Å². The number of hydrogen-bond acceptors (Lipinski definition) is 2. The molecule has 1 atom stereocenters. The van der Waals surface area contributed by atoms with E-state index in [-0.39, 0.29) is 11.9 Å². The van der Waals surface area contributed by atoms with Crippen LogP contribution in [-0.2, 0) is 4.79 Å². The molecule has 0 aliphatic heterocycles. The molecule has 1 amide bonds. The molecule has 0 fully saturated rings. The lowest BCUT2D eigenvalue weighted by Gasteiger charge is -2.12. The number of halogens is 1. The zero-order chi connectivity index (χ0) is 10.6. The van der Waals surface area contributed by atoms with Crippen LogP contribution in [0.3, 0.4) is 0 Å². The number of nitrogens with two attached hydrogens (primary N) is 1. The number of nitrogens with one attached hydrogen (secondary N) is 1. The fraction of sp³-hybridized carbons (Fsp3) is 0.300. The van der Waals surface area contributed by atoms with E-state index < -0.39 is 0 Å². The van der Waals surface area contributed by atoms with Crippen LogP contribution in [0.2, 0.25) is 0 Å². The molecule has 0 aliphatic carbocycles. The van der Waals surface area contributed by atoms with Crippen LogP contribution in [0.25, 0.3) is 0 Å². The van der Waals surface area contributed by atoms with E-state index in [1.807, 2.05) is 24.3 Å². The van der Waals surface area contributed by atoms with E-state index in [0.29, 0.717) is 6.54 Å². The second-order valence-electron chi connectivity index (χ2n) is 3.10. The van der Waals surface area contributed by atoms with Crippen LogP contribution in [0, 0.1) is 0 Å². The summed E-state index contributed by atoms with van der Waals surface area (Å²) in [6.07, 6.45) is 0. The quantitative estimate of drug-likeness (QED) is 0.863. The minimum Gasteiger partial charge on any atom is -0.354 e. The van der Waals surface area contributed by atoms with Crippen molar-refractivity contribution in [2.75, 3.05) is 6.54 Å². The molecule has 0 saturated heterocycles. The minimum atomic E-state index is -0.156. The Bertz CT molecular complexity index is 328. The highest BCUT2D eigenvalue weighted by atomic mass is 79.9. The molecular formula is C10H13BrN2O. The second-order valence-corrected chi connectivity index (χ2v) is 4.01. The highest BCUT2D eigenvalue weighted by Gasteiger charge is 2.05. The lowest BCUT2D eigenvalue weighted by atomic mass is 10.1. The third-order valence-corrected chi connectivity index (χ3v) is 2.34. The predicted octanol–water partition coefficient (Wildman–Crippen LogP) is 1.58. The van der Waals surface area contributed by atoms with E-state index in [1.54, 1.807) is 0 Å². The fourth-order valence-electron chi connectivity index (χ4n) is 1.11. The van der Waals surface area contributed by atoms with Gasteiger partial charge in [0.05, 0.1) is 0 Å². The van der Waals surface area contributed by atoms with E-state index in [4.69, 9.17) is 5.73 Å². The van der Waals surface area contributed by atoms with Gasteiger partial charge in [-0.3, -0.25) is 4.79 Å². The van der Waals surface area contributed by atoms with Gasteiger partial charge >= 0.3 is 0 Å². The highest BCUT2D eigenvalue weighted by molar-refractivity contribution is 9.10. The Balaban J connectivity index is 2.60. The molecule has 0 aromatic heterocycles. The van der Waals surface area contributed by atoms with Gasteiger partial charge in [-0.1, -0.05) is 28.1 Å². The lowest BCUT2D eigenvalue weighted by Crippen LogP contribution is -2.30. The predicted molar refractivity (Wildman–Crippen MR) is 59.8 cm³/mol. The Labute approximate surface area is 91.8 Å². The number of rotatable bonds is 3. The maximum atomic E-state index is 10.7. The zero-order valence-corrected chi connectivity index (χ0v) is 9.54. The molecule has 0 saturated carbocycles. The van der Waals surface area contributed by atoms with Gasteiger partial charge in [0, 0.05) is 24.0 Å². The first-order valence-electron chi connectivity index (χ1n) is 4.35. The number of amides is 1. The molecule has 1 aromatic carbocycles. The Kier molecular flexibility index (Phi) is 4.10. The van der Waals surface area contributed by atoms with Crippen LogP contribution in [0.4, 0.5) is 0 Å². The molecule has 0 radical (unpaired) electrons. The first-order chi connectivity index (χ1) is 6.59. The van der Waals surface area contributed by atoms with E-state index in [9.17, 15) is 4.79 Å². The summed E-state index contributed by atoms with van der Waals surface area (Å²) in [6, 6.07) is 7.60. The van der Waals surface area contributed by atoms with Crippen LogP contribution in [0.15, 0.2) is 28.7 Å². The molecule has 1 aromatic rings. The van der Waals surface area contributed by atoms with Gasteiger partial charge in [-0.15, -0.1) is 0 Å². The van der Waals surface area contributed by atoms with Crippen LogP contribution in [0.5, 0.6) is 0 Å². The SMILES string of the molecule is CC(=O)NC[C@@H](N)c1cccc(Br)c1. The average molecular weight is 257 g/mol. The monoisotopic (exact) mass is 256 g/mol. The molecule has 0 unspecified atom stereocenters. The second kappa shape index (κ2) is 5.12. The van der Waals surface area contributed by atoms with Crippen molar-refractivity contribution in [2.45, 2.75) is 13.0 Å². The van der Waals surface area contributed by atoms with Crippen LogP contribution < -0.4 is 11.1 Å². The van der Waals surface area contributed by atoms with Crippen molar-refractivity contribution in [3.63, 3.8) is 0 Å². The van der Waals surface area contributed by atoms with Gasteiger partial charge in [0.1, 0.15) is 0 Å². The Morgan fingerprint density at radius 3 is 2.93 bits per heavy atom. The summed E-state index contributed by atoms with van der Waals surface area (Å²) in [5.41, 5.74) is 6.88. The van der Waals surface area contributed by atoms with E-state index in [1.165, 1.54) is 6.92 Å². The maximum Gasteiger partial charge on any atom is 0.216 e. The molecule has 0 aliphatic rings. The molecule has 1 rings (SSSR count). The standard InChI is InChI=1S/C10H13BrN2O/c1-7(14)13-6-10(12)8-3-2-4-9(11)5-8/h2-5,10H,6,12H2,1H3,(H,13,14)/t10-/m1/s1. The largest absolute Gasteiger partial charge is 0.354 e. The van der Waals surface area contributed by atoms with Crippen molar-refractivity contribution in [1.82, 2.24) is 5.32 Å². The van der Waals surface area contributed by atoms with E-state index in [0.717, 1.165) is 10.0 Å². The Morgan fingerprint density at radius 1 is 1.64 bits per heavy atom. The van der Waals surface area contributed by atoms with Crippen LogP contribution >= 0.6 is 15.9 Å². The summed E-state index contributed by atoms with van der Waals surface area (Å²) in [5, 5.41) is 2.68.